The zero-order chi connectivity index (χ0) is 34.1. The van der Waals surface area contributed by atoms with Crippen molar-refractivity contribution in [1.29, 1.82) is 0 Å². The van der Waals surface area contributed by atoms with E-state index in [1.807, 2.05) is 0 Å². The molecule has 0 radical (unpaired) electrons. The van der Waals surface area contributed by atoms with Gasteiger partial charge in [0.2, 0.25) is 0 Å². The van der Waals surface area contributed by atoms with Gasteiger partial charge in [-0.05, 0) is 81.1 Å². The standard InChI is InChI=1S/C28H27F11N2O4/c1-18(2)23(42)44-16-6-4-3-5-15-43-21-11-7-19(8-12-21)40-41-20-9-13-22(14-10-20)45-17-24(29,30)25(31,32)26(33,34)27(35,36)28(37,38)39/h7-14H,1,3-6,15-17H2,2H3. The summed E-state index contributed by atoms with van der Waals surface area (Å²) in [5, 5.41) is 7.76. The number of hydrogen-bond acceptors (Lipinski definition) is 6. The zero-order valence-corrected chi connectivity index (χ0v) is 23.5. The fraction of sp³-hybridized carbons (Fsp3) is 0.464. The molecule has 0 aliphatic carbocycles. The van der Waals surface area contributed by atoms with Crippen molar-refractivity contribution in [3.05, 3.63) is 60.7 Å². The average Bonchev–Trinajstić information content (AvgIpc) is 2.96. The Morgan fingerprint density at radius 2 is 1.09 bits per heavy atom. The van der Waals surface area contributed by atoms with Crippen LogP contribution >= 0.6 is 0 Å². The van der Waals surface area contributed by atoms with Crippen LogP contribution < -0.4 is 9.47 Å². The number of unbranched alkanes of at least 4 members (excludes halogenated alkanes) is 3. The van der Waals surface area contributed by atoms with Crippen molar-refractivity contribution in [2.24, 2.45) is 10.2 Å². The summed E-state index contributed by atoms with van der Waals surface area (Å²) in [7, 11) is 0. The van der Waals surface area contributed by atoms with Gasteiger partial charge in [-0.1, -0.05) is 6.58 Å². The highest BCUT2D eigenvalue weighted by Gasteiger charge is 2.87. The monoisotopic (exact) mass is 664 g/mol. The van der Waals surface area contributed by atoms with E-state index in [-0.39, 0.29) is 5.69 Å². The number of azo groups is 1. The van der Waals surface area contributed by atoms with Gasteiger partial charge >= 0.3 is 35.8 Å². The Labute approximate surface area is 249 Å². The van der Waals surface area contributed by atoms with Crippen LogP contribution in [0, 0.1) is 0 Å². The number of carbonyl (C=O) groups is 1. The summed E-state index contributed by atoms with van der Waals surface area (Å²) in [6.45, 7) is 3.16. The number of rotatable bonds is 17. The number of hydrogen-bond donors (Lipinski definition) is 0. The Morgan fingerprint density at radius 3 is 1.53 bits per heavy atom. The Bertz CT molecular complexity index is 1300. The lowest BCUT2D eigenvalue weighted by Crippen LogP contribution is -2.67. The molecule has 2 aromatic rings. The van der Waals surface area contributed by atoms with Crippen LogP contribution in [0.15, 0.2) is 70.9 Å². The molecule has 17 heteroatoms. The molecule has 45 heavy (non-hydrogen) atoms. The van der Waals surface area contributed by atoms with Crippen molar-refractivity contribution in [1.82, 2.24) is 0 Å². The molecule has 0 spiro atoms. The molecule has 0 aliphatic rings. The molecule has 0 aliphatic heterocycles. The van der Waals surface area contributed by atoms with Crippen LogP contribution in [0.2, 0.25) is 0 Å². The smallest absolute Gasteiger partial charge is 0.460 e. The van der Waals surface area contributed by atoms with E-state index in [0.29, 0.717) is 36.6 Å². The van der Waals surface area contributed by atoms with E-state index in [4.69, 9.17) is 9.47 Å². The fourth-order valence-electron chi connectivity index (χ4n) is 3.24. The fourth-order valence-corrected chi connectivity index (χ4v) is 3.24. The van der Waals surface area contributed by atoms with Gasteiger partial charge in [-0.2, -0.15) is 58.5 Å². The van der Waals surface area contributed by atoms with Gasteiger partial charge in [0.1, 0.15) is 11.5 Å². The highest BCUT2D eigenvalue weighted by atomic mass is 19.4. The molecular formula is C28H27F11N2O4. The third-order valence-electron chi connectivity index (χ3n) is 5.87. The molecule has 2 aromatic carbocycles. The van der Waals surface area contributed by atoms with Crippen molar-refractivity contribution < 1.29 is 67.3 Å². The lowest BCUT2D eigenvalue weighted by atomic mass is 9.98. The Balaban J connectivity index is 1.84. The third kappa shape index (κ3) is 9.53. The first-order valence-electron chi connectivity index (χ1n) is 13.0. The first kappa shape index (κ1) is 37.3. The van der Waals surface area contributed by atoms with Gasteiger partial charge in [0.15, 0.2) is 6.61 Å². The van der Waals surface area contributed by atoms with Gasteiger partial charge in [0, 0.05) is 5.57 Å². The van der Waals surface area contributed by atoms with Crippen LogP contribution in [-0.2, 0) is 9.53 Å². The molecule has 0 saturated heterocycles. The minimum Gasteiger partial charge on any atom is -0.494 e. The van der Waals surface area contributed by atoms with Crippen LogP contribution in [0.3, 0.4) is 0 Å². The number of ether oxygens (including phenoxy) is 3. The Hall–Kier alpha value is -3.92. The van der Waals surface area contributed by atoms with Gasteiger partial charge < -0.3 is 14.2 Å². The van der Waals surface area contributed by atoms with Gasteiger partial charge in [-0.25, -0.2) is 4.79 Å². The molecule has 0 amide bonds. The maximum atomic E-state index is 13.8. The molecule has 0 aromatic heterocycles. The van der Waals surface area contributed by atoms with Gasteiger partial charge in [0.05, 0.1) is 24.6 Å². The Kier molecular flexibility index (Phi) is 12.3. The second-order valence-electron chi connectivity index (χ2n) is 9.58. The summed E-state index contributed by atoms with van der Waals surface area (Å²) in [5.74, 6) is -28.7. The minimum atomic E-state index is -7.50. The molecule has 6 nitrogen and oxygen atoms in total. The van der Waals surface area contributed by atoms with Crippen molar-refractivity contribution in [2.45, 2.75) is 62.5 Å². The highest BCUT2D eigenvalue weighted by molar-refractivity contribution is 5.86. The number of nitrogens with zero attached hydrogens (tertiary/aromatic N) is 2. The largest absolute Gasteiger partial charge is 0.494 e. The number of benzene rings is 2. The molecule has 2 rings (SSSR count). The summed E-state index contributed by atoms with van der Waals surface area (Å²) >= 11 is 0. The third-order valence-corrected chi connectivity index (χ3v) is 5.87. The molecule has 0 fully saturated rings. The van der Waals surface area contributed by atoms with E-state index in [1.54, 1.807) is 31.2 Å². The second-order valence-corrected chi connectivity index (χ2v) is 9.58. The summed E-state index contributed by atoms with van der Waals surface area (Å²) in [6, 6.07) is 10.3. The molecule has 0 unspecified atom stereocenters. The van der Waals surface area contributed by atoms with E-state index in [2.05, 4.69) is 21.5 Å². The van der Waals surface area contributed by atoms with E-state index < -0.39 is 48.2 Å². The molecular weight excluding hydrogens is 637 g/mol. The van der Waals surface area contributed by atoms with E-state index in [0.717, 1.165) is 43.5 Å². The normalized spacial score (nSPS) is 13.2. The van der Waals surface area contributed by atoms with Crippen LogP contribution in [-0.4, -0.2) is 55.7 Å². The molecule has 0 atom stereocenters. The summed E-state index contributed by atoms with van der Waals surface area (Å²) in [4.78, 5) is 11.3. The first-order chi connectivity index (χ1) is 20.7. The van der Waals surface area contributed by atoms with Crippen molar-refractivity contribution >= 4 is 17.3 Å². The van der Waals surface area contributed by atoms with Crippen LogP contribution in [0.25, 0.3) is 0 Å². The van der Waals surface area contributed by atoms with E-state index in [1.165, 1.54) is 0 Å². The first-order valence-corrected chi connectivity index (χ1v) is 13.0. The summed E-state index contributed by atoms with van der Waals surface area (Å²) in [6.07, 6.45) is -4.07. The average molecular weight is 665 g/mol. The predicted octanol–water partition coefficient (Wildman–Crippen LogP) is 9.64. The lowest BCUT2D eigenvalue weighted by molar-refractivity contribution is -0.423. The number of esters is 1. The zero-order valence-electron chi connectivity index (χ0n) is 23.5. The predicted molar refractivity (Wildman–Crippen MR) is 138 cm³/mol. The quantitative estimate of drug-likeness (QED) is 0.0555. The molecule has 0 saturated carbocycles. The van der Waals surface area contributed by atoms with Crippen LogP contribution in [0.5, 0.6) is 11.5 Å². The second kappa shape index (κ2) is 14.9. The van der Waals surface area contributed by atoms with E-state index >= 15 is 0 Å². The lowest BCUT2D eigenvalue weighted by Gasteiger charge is -2.37. The number of halogens is 11. The Morgan fingerprint density at radius 1 is 0.644 bits per heavy atom. The molecule has 0 N–H and O–H groups in total. The van der Waals surface area contributed by atoms with Crippen LogP contribution in [0.4, 0.5) is 59.7 Å². The van der Waals surface area contributed by atoms with Crippen molar-refractivity contribution in [3.8, 4) is 11.5 Å². The van der Waals surface area contributed by atoms with Crippen LogP contribution in [0.1, 0.15) is 32.6 Å². The van der Waals surface area contributed by atoms with Gasteiger partial charge in [-0.15, -0.1) is 0 Å². The summed E-state index contributed by atoms with van der Waals surface area (Å²) < 4.78 is 159. The maximum absolute atomic E-state index is 13.8. The SMILES string of the molecule is C=C(C)C(=O)OCCCCCCOc1ccc(N=Nc2ccc(OCC(F)(F)C(F)(F)C(F)(F)C(F)(F)C(F)(F)F)cc2)cc1. The summed E-state index contributed by atoms with van der Waals surface area (Å²) in [5.41, 5.74) is 0.793. The van der Waals surface area contributed by atoms with Crippen molar-refractivity contribution in [3.63, 3.8) is 0 Å². The molecule has 0 bridgehead atoms. The minimum absolute atomic E-state index is 0.0884. The number of alkyl halides is 11. The molecule has 0 heterocycles. The van der Waals surface area contributed by atoms with Gasteiger partial charge in [-0.3, -0.25) is 0 Å². The molecule has 250 valence electrons. The van der Waals surface area contributed by atoms with Gasteiger partial charge in [0.25, 0.3) is 0 Å². The topological polar surface area (TPSA) is 69.5 Å². The van der Waals surface area contributed by atoms with Crippen molar-refractivity contribution in [2.75, 3.05) is 19.8 Å². The van der Waals surface area contributed by atoms with E-state index in [9.17, 15) is 53.1 Å². The number of carbonyl (C=O) groups excluding carboxylic acids is 1. The maximum Gasteiger partial charge on any atom is 0.460 e. The highest BCUT2D eigenvalue weighted by Crippen LogP contribution is 2.57.